The van der Waals surface area contributed by atoms with Crippen molar-refractivity contribution in [2.45, 2.75) is 38.1 Å². The highest BCUT2D eigenvalue weighted by molar-refractivity contribution is 6.30. The summed E-state index contributed by atoms with van der Waals surface area (Å²) in [6, 6.07) is 22.4. The molecule has 1 heterocycles. The zero-order chi connectivity index (χ0) is 27.1. The van der Waals surface area contributed by atoms with E-state index in [4.69, 9.17) is 16.3 Å². The Morgan fingerprint density at radius 1 is 0.895 bits per heavy atom. The maximum absolute atomic E-state index is 13.3. The van der Waals surface area contributed by atoms with E-state index in [1.807, 2.05) is 54.3 Å². The fraction of sp³-hybridized carbons (Fsp3) is 0.367. The quantitative estimate of drug-likeness (QED) is 0.292. The molecular formula is C30H32ClF3N2O2. The van der Waals surface area contributed by atoms with Crippen LogP contribution in [0.25, 0.3) is 0 Å². The summed E-state index contributed by atoms with van der Waals surface area (Å²) in [7, 11) is 0. The van der Waals surface area contributed by atoms with Crippen molar-refractivity contribution in [3.8, 4) is 0 Å². The van der Waals surface area contributed by atoms with Gasteiger partial charge in [-0.2, -0.15) is 13.2 Å². The Kier molecular flexibility index (Phi) is 9.47. The second-order valence-corrected chi connectivity index (χ2v) is 9.98. The number of halogens is 4. The third-order valence-electron chi connectivity index (χ3n) is 6.99. The molecule has 0 saturated carbocycles. The summed E-state index contributed by atoms with van der Waals surface area (Å²) in [6.07, 6.45) is -3.92. The first-order chi connectivity index (χ1) is 18.2. The fourth-order valence-electron chi connectivity index (χ4n) is 4.76. The van der Waals surface area contributed by atoms with Crippen LogP contribution in [0, 0.1) is 0 Å². The molecule has 4 nitrogen and oxygen atoms in total. The Balaban J connectivity index is 1.38. The lowest BCUT2D eigenvalue weighted by molar-refractivity contribution is -0.137. The number of carbonyl (C=O) groups excluding carboxylic acids is 1. The predicted molar refractivity (Wildman–Crippen MR) is 143 cm³/mol. The first kappa shape index (κ1) is 28.1. The van der Waals surface area contributed by atoms with Crippen molar-refractivity contribution in [2.24, 2.45) is 0 Å². The molecule has 3 aromatic carbocycles. The molecule has 2 atom stereocenters. The van der Waals surface area contributed by atoms with Crippen LogP contribution in [0.3, 0.4) is 0 Å². The van der Waals surface area contributed by atoms with Gasteiger partial charge in [0, 0.05) is 37.7 Å². The van der Waals surface area contributed by atoms with Gasteiger partial charge >= 0.3 is 6.18 Å². The van der Waals surface area contributed by atoms with Crippen LogP contribution >= 0.6 is 11.6 Å². The first-order valence-corrected chi connectivity index (χ1v) is 13.2. The second-order valence-electron chi connectivity index (χ2n) is 9.54. The van der Waals surface area contributed by atoms with Crippen LogP contribution in [0.1, 0.15) is 47.6 Å². The summed E-state index contributed by atoms with van der Waals surface area (Å²) in [5.41, 5.74) is 1.97. The molecule has 1 saturated heterocycles. The molecule has 1 amide bonds. The average Bonchev–Trinajstić information content (AvgIpc) is 2.92. The summed E-state index contributed by atoms with van der Waals surface area (Å²) in [6.45, 7) is 5.51. The van der Waals surface area contributed by atoms with Crippen molar-refractivity contribution in [1.82, 2.24) is 9.80 Å². The monoisotopic (exact) mass is 544 g/mol. The van der Waals surface area contributed by atoms with Crippen molar-refractivity contribution < 1.29 is 22.7 Å². The van der Waals surface area contributed by atoms with Crippen molar-refractivity contribution in [2.75, 3.05) is 32.7 Å². The Morgan fingerprint density at radius 2 is 1.53 bits per heavy atom. The average molecular weight is 545 g/mol. The highest BCUT2D eigenvalue weighted by atomic mass is 35.5. The first-order valence-electron chi connectivity index (χ1n) is 12.8. The molecule has 38 heavy (non-hydrogen) atoms. The number of piperazine rings is 1. The molecule has 0 bridgehead atoms. The van der Waals surface area contributed by atoms with Crippen LogP contribution < -0.4 is 0 Å². The fourth-order valence-corrected chi connectivity index (χ4v) is 4.89. The summed E-state index contributed by atoms with van der Waals surface area (Å²) in [5, 5.41) is 0.617. The van der Waals surface area contributed by atoms with E-state index in [0.29, 0.717) is 43.3 Å². The van der Waals surface area contributed by atoms with Gasteiger partial charge in [-0.15, -0.1) is 0 Å². The predicted octanol–water partition coefficient (Wildman–Crippen LogP) is 6.95. The van der Waals surface area contributed by atoms with E-state index < -0.39 is 11.7 Å². The summed E-state index contributed by atoms with van der Waals surface area (Å²) >= 11 is 6.08. The van der Waals surface area contributed by atoms with Crippen molar-refractivity contribution in [3.05, 3.63) is 106 Å². The number of amides is 1. The maximum Gasteiger partial charge on any atom is 0.416 e. The Labute approximate surface area is 227 Å². The van der Waals surface area contributed by atoms with E-state index in [1.165, 1.54) is 12.1 Å². The number of rotatable bonds is 9. The largest absolute Gasteiger partial charge is 0.416 e. The lowest BCUT2D eigenvalue weighted by atomic mass is 9.95. The highest BCUT2D eigenvalue weighted by Gasteiger charge is 2.30. The van der Waals surface area contributed by atoms with E-state index in [9.17, 15) is 18.0 Å². The molecule has 8 heteroatoms. The summed E-state index contributed by atoms with van der Waals surface area (Å²) in [5.74, 6) is 0.0165. The molecule has 0 radical (unpaired) electrons. The maximum atomic E-state index is 13.3. The number of alkyl halides is 3. The molecule has 4 rings (SSSR count). The van der Waals surface area contributed by atoms with Crippen molar-refractivity contribution >= 4 is 17.5 Å². The van der Waals surface area contributed by atoms with Crippen LogP contribution in [0.5, 0.6) is 0 Å². The van der Waals surface area contributed by atoms with E-state index in [-0.39, 0.29) is 24.5 Å². The molecule has 0 spiro atoms. The summed E-state index contributed by atoms with van der Waals surface area (Å²) in [4.78, 5) is 17.5. The second kappa shape index (κ2) is 12.8. The molecule has 0 aliphatic carbocycles. The van der Waals surface area contributed by atoms with Gasteiger partial charge in [-0.1, -0.05) is 73.1 Å². The van der Waals surface area contributed by atoms with Crippen LogP contribution in [-0.4, -0.2) is 48.4 Å². The third-order valence-corrected chi connectivity index (χ3v) is 7.24. The molecule has 1 fully saturated rings. The minimum absolute atomic E-state index is 0.142. The van der Waals surface area contributed by atoms with Gasteiger partial charge in [0.05, 0.1) is 24.2 Å². The van der Waals surface area contributed by atoms with Gasteiger partial charge in [0.15, 0.2) is 0 Å². The van der Waals surface area contributed by atoms with Gasteiger partial charge < -0.3 is 9.64 Å². The molecule has 0 aromatic heterocycles. The van der Waals surface area contributed by atoms with Gasteiger partial charge in [-0.05, 0) is 47.4 Å². The van der Waals surface area contributed by atoms with Gasteiger partial charge in [0.1, 0.15) is 0 Å². The number of nitrogens with zero attached hydrogens (tertiary/aromatic N) is 2. The van der Waals surface area contributed by atoms with Crippen molar-refractivity contribution in [1.29, 1.82) is 0 Å². The summed E-state index contributed by atoms with van der Waals surface area (Å²) < 4.78 is 44.9. The minimum Gasteiger partial charge on any atom is -0.368 e. The Hall–Kier alpha value is -2.87. The zero-order valence-electron chi connectivity index (χ0n) is 21.3. The Morgan fingerprint density at radius 3 is 2.11 bits per heavy atom. The standard InChI is InChI=1S/C30H32ClF3N2O2/c1-2-27(23-6-4-3-5-7-23)29(37)36-18-16-35(17-19-36)20-28(24-10-14-26(31)15-11-24)38-21-22-8-12-25(13-9-22)30(32,33)34/h3-15,27-28H,2,16-21H2,1H3. The molecular weight excluding hydrogens is 513 g/mol. The van der Waals surface area contributed by atoms with Crippen LogP contribution in [0.2, 0.25) is 5.02 Å². The molecule has 2 unspecified atom stereocenters. The topological polar surface area (TPSA) is 32.8 Å². The van der Waals surface area contributed by atoms with Gasteiger partial charge in [0.2, 0.25) is 5.91 Å². The third kappa shape index (κ3) is 7.37. The van der Waals surface area contributed by atoms with E-state index in [1.54, 1.807) is 12.1 Å². The molecule has 202 valence electrons. The number of ether oxygens (including phenoxy) is 1. The lowest BCUT2D eigenvalue weighted by Crippen LogP contribution is -2.50. The molecule has 1 aliphatic rings. The smallest absolute Gasteiger partial charge is 0.368 e. The number of carbonyl (C=O) groups is 1. The van der Waals surface area contributed by atoms with Crippen LogP contribution in [-0.2, 0) is 22.3 Å². The van der Waals surface area contributed by atoms with E-state index in [0.717, 1.165) is 29.7 Å². The van der Waals surface area contributed by atoms with E-state index in [2.05, 4.69) is 4.90 Å². The number of benzene rings is 3. The van der Waals surface area contributed by atoms with Crippen LogP contribution in [0.4, 0.5) is 13.2 Å². The number of hydrogen-bond acceptors (Lipinski definition) is 3. The SMILES string of the molecule is CCC(C(=O)N1CCN(CC(OCc2ccc(C(F)(F)F)cc2)c2ccc(Cl)cc2)CC1)c1ccccc1. The van der Waals surface area contributed by atoms with Gasteiger partial charge in [-0.25, -0.2) is 0 Å². The molecule has 0 N–H and O–H groups in total. The van der Waals surface area contributed by atoms with Crippen molar-refractivity contribution in [3.63, 3.8) is 0 Å². The number of hydrogen-bond donors (Lipinski definition) is 0. The normalized spacial score (nSPS) is 16.3. The zero-order valence-corrected chi connectivity index (χ0v) is 22.1. The van der Waals surface area contributed by atoms with Crippen LogP contribution in [0.15, 0.2) is 78.9 Å². The minimum atomic E-state index is -4.37. The molecule has 1 aliphatic heterocycles. The van der Waals surface area contributed by atoms with Gasteiger partial charge in [-0.3, -0.25) is 9.69 Å². The highest BCUT2D eigenvalue weighted by Crippen LogP contribution is 2.30. The Bertz CT molecular complexity index is 1160. The lowest BCUT2D eigenvalue weighted by Gasteiger charge is -2.38. The molecule has 3 aromatic rings. The van der Waals surface area contributed by atoms with E-state index >= 15 is 0 Å². The van der Waals surface area contributed by atoms with Gasteiger partial charge in [0.25, 0.3) is 0 Å².